The molecule has 0 aliphatic heterocycles. The van der Waals surface area contributed by atoms with E-state index in [1.165, 1.54) is 11.3 Å². The molecule has 0 bridgehead atoms. The maximum atomic E-state index is 12.0. The van der Waals surface area contributed by atoms with Gasteiger partial charge in [0.15, 0.2) is 11.7 Å². The summed E-state index contributed by atoms with van der Waals surface area (Å²) in [5.74, 6) is 1.14. The summed E-state index contributed by atoms with van der Waals surface area (Å²) >= 11 is 1.43. The fraction of sp³-hybridized carbons (Fsp3) is 0.158. The molecule has 1 N–H and O–H groups in total. The molecule has 0 spiro atoms. The Morgan fingerprint density at radius 3 is 2.40 bits per heavy atom. The van der Waals surface area contributed by atoms with Crippen molar-refractivity contribution in [3.63, 3.8) is 0 Å². The topological polar surface area (TPSA) is 60.5 Å². The predicted octanol–water partition coefficient (Wildman–Crippen LogP) is 4.23. The molecule has 0 saturated carbocycles. The number of nitrogens with one attached hydrogen (secondary N) is 1. The summed E-state index contributed by atoms with van der Waals surface area (Å²) in [6.07, 6.45) is 1.75. The van der Waals surface area contributed by atoms with Crippen LogP contribution in [0.3, 0.4) is 0 Å². The first-order valence-corrected chi connectivity index (χ1v) is 8.73. The fourth-order valence-electron chi connectivity index (χ4n) is 2.17. The van der Waals surface area contributed by atoms with Crippen LogP contribution in [0.2, 0.25) is 0 Å². The summed E-state index contributed by atoms with van der Waals surface area (Å²) < 4.78 is 10.8. The van der Waals surface area contributed by atoms with E-state index in [1.807, 2.05) is 49.4 Å². The van der Waals surface area contributed by atoms with Gasteiger partial charge in [-0.3, -0.25) is 10.1 Å². The number of amides is 1. The lowest BCUT2D eigenvalue weighted by Crippen LogP contribution is -2.19. The normalized spacial score (nSPS) is 10.3. The Morgan fingerprint density at radius 1 is 1.04 bits per heavy atom. The Hall–Kier alpha value is -2.86. The minimum absolute atomic E-state index is 0.0752. The van der Waals surface area contributed by atoms with Crippen LogP contribution < -0.4 is 14.8 Å². The number of nitrogens with zero attached hydrogens (tertiary/aromatic N) is 1. The highest BCUT2D eigenvalue weighted by molar-refractivity contribution is 7.19. The molecule has 6 heteroatoms. The highest BCUT2D eigenvalue weighted by Gasteiger charge is 2.08. The molecule has 0 aliphatic carbocycles. The second-order valence-corrected chi connectivity index (χ2v) is 6.17. The van der Waals surface area contributed by atoms with Crippen molar-refractivity contribution in [2.45, 2.75) is 6.92 Å². The van der Waals surface area contributed by atoms with Crippen molar-refractivity contribution < 1.29 is 14.3 Å². The van der Waals surface area contributed by atoms with E-state index < -0.39 is 0 Å². The monoisotopic (exact) mass is 354 g/mol. The minimum atomic E-state index is -0.247. The van der Waals surface area contributed by atoms with E-state index in [4.69, 9.17) is 9.47 Å². The third kappa shape index (κ3) is 4.81. The molecular formula is C19H18N2O3S. The number of aromatic nitrogens is 1. The van der Waals surface area contributed by atoms with Crippen LogP contribution in [0.5, 0.6) is 11.5 Å². The van der Waals surface area contributed by atoms with E-state index in [1.54, 1.807) is 18.3 Å². The Bertz CT molecular complexity index is 816. The summed E-state index contributed by atoms with van der Waals surface area (Å²) in [6.45, 7) is 2.46. The maximum Gasteiger partial charge on any atom is 0.264 e. The SMILES string of the molecule is CCOc1ccc(OCC(=O)Nc2ncc(-c3ccccc3)s2)cc1. The number of carbonyl (C=O) groups is 1. The van der Waals surface area contributed by atoms with Crippen molar-refractivity contribution in [1.82, 2.24) is 4.98 Å². The van der Waals surface area contributed by atoms with Gasteiger partial charge in [-0.2, -0.15) is 0 Å². The molecule has 25 heavy (non-hydrogen) atoms. The lowest BCUT2D eigenvalue weighted by atomic mass is 10.2. The van der Waals surface area contributed by atoms with Crippen molar-refractivity contribution in [1.29, 1.82) is 0 Å². The fourth-order valence-corrected chi connectivity index (χ4v) is 3.01. The third-order valence-electron chi connectivity index (χ3n) is 3.32. The number of hydrogen-bond donors (Lipinski definition) is 1. The molecule has 0 atom stereocenters. The smallest absolute Gasteiger partial charge is 0.264 e. The summed E-state index contributed by atoms with van der Waals surface area (Å²) in [5.41, 5.74) is 1.08. The van der Waals surface area contributed by atoms with Crippen LogP contribution in [0.1, 0.15) is 6.92 Å². The molecule has 2 aromatic carbocycles. The molecule has 0 saturated heterocycles. The Morgan fingerprint density at radius 2 is 1.72 bits per heavy atom. The van der Waals surface area contributed by atoms with Crippen LogP contribution in [0.15, 0.2) is 60.8 Å². The molecule has 128 valence electrons. The molecule has 0 radical (unpaired) electrons. The zero-order chi connectivity index (χ0) is 17.5. The second-order valence-electron chi connectivity index (χ2n) is 5.14. The van der Waals surface area contributed by atoms with Crippen molar-refractivity contribution in [2.24, 2.45) is 0 Å². The molecule has 3 aromatic rings. The van der Waals surface area contributed by atoms with Crippen LogP contribution in [0, 0.1) is 0 Å². The Labute approximate surface area is 150 Å². The highest BCUT2D eigenvalue weighted by Crippen LogP contribution is 2.28. The van der Waals surface area contributed by atoms with Gasteiger partial charge in [-0.05, 0) is 36.8 Å². The zero-order valence-electron chi connectivity index (χ0n) is 13.8. The number of hydrogen-bond acceptors (Lipinski definition) is 5. The summed E-state index contributed by atoms with van der Waals surface area (Å²) in [4.78, 5) is 17.2. The highest BCUT2D eigenvalue weighted by atomic mass is 32.1. The first-order valence-electron chi connectivity index (χ1n) is 7.91. The second kappa shape index (κ2) is 8.30. The van der Waals surface area contributed by atoms with Gasteiger partial charge in [0.2, 0.25) is 0 Å². The number of carbonyl (C=O) groups excluding carboxylic acids is 1. The van der Waals surface area contributed by atoms with Crippen LogP contribution >= 0.6 is 11.3 Å². The number of anilines is 1. The first kappa shape index (κ1) is 17.0. The standard InChI is InChI=1S/C19H18N2O3S/c1-2-23-15-8-10-16(11-9-15)24-13-18(22)21-19-20-12-17(25-19)14-6-4-3-5-7-14/h3-12H,2,13H2,1H3,(H,20,21,22). The van der Waals surface area contributed by atoms with Crippen LogP contribution in [-0.2, 0) is 4.79 Å². The largest absolute Gasteiger partial charge is 0.494 e. The molecule has 3 rings (SSSR count). The van der Waals surface area contributed by atoms with Gasteiger partial charge >= 0.3 is 0 Å². The minimum Gasteiger partial charge on any atom is -0.494 e. The number of thiazole rings is 1. The summed E-state index contributed by atoms with van der Waals surface area (Å²) in [5, 5.41) is 3.31. The lowest BCUT2D eigenvalue weighted by Gasteiger charge is -2.07. The van der Waals surface area contributed by atoms with Crippen molar-refractivity contribution in [2.75, 3.05) is 18.5 Å². The van der Waals surface area contributed by atoms with E-state index in [2.05, 4.69) is 10.3 Å². The predicted molar refractivity (Wildman–Crippen MR) is 99.3 cm³/mol. The molecular weight excluding hydrogens is 336 g/mol. The molecule has 1 amide bonds. The van der Waals surface area contributed by atoms with Gasteiger partial charge in [0, 0.05) is 6.20 Å². The van der Waals surface area contributed by atoms with E-state index in [9.17, 15) is 4.79 Å². The number of ether oxygens (including phenoxy) is 2. The van der Waals surface area contributed by atoms with Crippen molar-refractivity contribution in [3.8, 4) is 21.9 Å². The Kier molecular flexibility index (Phi) is 5.64. The Balaban J connectivity index is 1.52. The summed E-state index contributed by atoms with van der Waals surface area (Å²) in [6, 6.07) is 17.1. The van der Waals surface area contributed by atoms with E-state index in [0.717, 1.165) is 16.2 Å². The van der Waals surface area contributed by atoms with Crippen LogP contribution in [-0.4, -0.2) is 24.1 Å². The molecule has 0 unspecified atom stereocenters. The van der Waals surface area contributed by atoms with E-state index >= 15 is 0 Å². The van der Waals surface area contributed by atoms with Gasteiger partial charge in [-0.1, -0.05) is 41.7 Å². The summed E-state index contributed by atoms with van der Waals surface area (Å²) in [7, 11) is 0. The lowest BCUT2D eigenvalue weighted by molar-refractivity contribution is -0.118. The van der Waals surface area contributed by atoms with Crippen LogP contribution in [0.4, 0.5) is 5.13 Å². The average molecular weight is 354 g/mol. The number of benzene rings is 2. The zero-order valence-corrected chi connectivity index (χ0v) is 14.6. The molecule has 5 nitrogen and oxygen atoms in total. The van der Waals surface area contributed by atoms with Crippen molar-refractivity contribution in [3.05, 3.63) is 60.8 Å². The van der Waals surface area contributed by atoms with Crippen molar-refractivity contribution >= 4 is 22.4 Å². The quantitative estimate of drug-likeness (QED) is 0.690. The molecule has 0 fully saturated rings. The molecule has 0 aliphatic rings. The van der Waals surface area contributed by atoms with Gasteiger partial charge in [0.05, 0.1) is 11.5 Å². The van der Waals surface area contributed by atoms with Gasteiger partial charge in [-0.25, -0.2) is 4.98 Å². The van der Waals surface area contributed by atoms with Gasteiger partial charge in [-0.15, -0.1) is 0 Å². The van der Waals surface area contributed by atoms with Gasteiger partial charge in [0.1, 0.15) is 11.5 Å². The maximum absolute atomic E-state index is 12.0. The van der Waals surface area contributed by atoms with Gasteiger partial charge in [0.25, 0.3) is 5.91 Å². The molecule has 1 heterocycles. The average Bonchev–Trinajstić information content (AvgIpc) is 3.11. The van der Waals surface area contributed by atoms with E-state index in [0.29, 0.717) is 17.5 Å². The van der Waals surface area contributed by atoms with Crippen LogP contribution in [0.25, 0.3) is 10.4 Å². The van der Waals surface area contributed by atoms with E-state index in [-0.39, 0.29) is 12.5 Å². The van der Waals surface area contributed by atoms with Gasteiger partial charge < -0.3 is 9.47 Å². The third-order valence-corrected chi connectivity index (χ3v) is 4.28. The number of rotatable bonds is 7. The first-order chi connectivity index (χ1) is 12.2. The molecule has 1 aromatic heterocycles.